The minimum Gasteiger partial charge on any atom is -0.383 e. The molecule has 0 saturated carbocycles. The van der Waals surface area contributed by atoms with E-state index in [1.807, 2.05) is 35.0 Å². The van der Waals surface area contributed by atoms with Crippen LogP contribution in [0.15, 0.2) is 36.8 Å². The molecule has 0 radical (unpaired) electrons. The van der Waals surface area contributed by atoms with Crippen LogP contribution in [-0.2, 0) is 22.3 Å². The fourth-order valence-corrected chi connectivity index (χ4v) is 3.96. The van der Waals surface area contributed by atoms with Crippen LogP contribution in [0.3, 0.4) is 0 Å². The van der Waals surface area contributed by atoms with Gasteiger partial charge in [0.25, 0.3) is 0 Å². The lowest BCUT2D eigenvalue weighted by Crippen LogP contribution is -2.17. The standard InChI is InChI=1S/C20H23ClN4O3/c1-27-18(26)10-13-8-14(21)3-2-12(13)9-15-4-5-17(28-15)25-7-6-16-19(22)23-11-24-20(16)25/h2-3,6-8,11,15,17-18,26H,4-5,9-10H2,1H3,(H2,22,23,24). The fourth-order valence-electron chi connectivity index (χ4n) is 3.76. The number of benzene rings is 1. The number of ether oxygens (including phenoxy) is 2. The van der Waals surface area contributed by atoms with Gasteiger partial charge < -0.3 is 24.9 Å². The molecule has 3 aromatic rings. The van der Waals surface area contributed by atoms with Gasteiger partial charge in [0.15, 0.2) is 6.29 Å². The molecule has 0 spiro atoms. The first-order chi connectivity index (χ1) is 13.5. The van der Waals surface area contributed by atoms with E-state index in [4.69, 9.17) is 26.8 Å². The van der Waals surface area contributed by atoms with Crippen LogP contribution in [0, 0.1) is 0 Å². The zero-order chi connectivity index (χ0) is 19.7. The monoisotopic (exact) mass is 402 g/mol. The molecule has 8 heteroatoms. The predicted molar refractivity (Wildman–Crippen MR) is 107 cm³/mol. The first-order valence-corrected chi connectivity index (χ1v) is 9.63. The second kappa shape index (κ2) is 8.05. The van der Waals surface area contributed by atoms with E-state index in [1.165, 1.54) is 13.4 Å². The number of nitrogen functional groups attached to an aromatic ring is 1. The number of fused-ring (bicyclic) bond motifs is 1. The maximum absolute atomic E-state index is 9.86. The summed E-state index contributed by atoms with van der Waals surface area (Å²) in [7, 11) is 1.48. The second-order valence-electron chi connectivity index (χ2n) is 7.02. The number of aromatic nitrogens is 3. The zero-order valence-electron chi connectivity index (χ0n) is 15.6. The first-order valence-electron chi connectivity index (χ1n) is 9.25. The number of hydrogen-bond acceptors (Lipinski definition) is 6. The highest BCUT2D eigenvalue weighted by Crippen LogP contribution is 2.34. The van der Waals surface area contributed by atoms with Crippen LogP contribution < -0.4 is 5.73 Å². The largest absolute Gasteiger partial charge is 0.383 e. The summed E-state index contributed by atoms with van der Waals surface area (Å²) in [6.07, 6.45) is 5.51. The highest BCUT2D eigenvalue weighted by Gasteiger charge is 2.28. The van der Waals surface area contributed by atoms with Crippen molar-refractivity contribution < 1.29 is 14.6 Å². The number of aliphatic hydroxyl groups is 1. The van der Waals surface area contributed by atoms with Gasteiger partial charge in [-0.25, -0.2) is 9.97 Å². The molecule has 1 saturated heterocycles. The van der Waals surface area contributed by atoms with Crippen molar-refractivity contribution in [3.05, 3.63) is 52.9 Å². The zero-order valence-corrected chi connectivity index (χ0v) is 16.3. The summed E-state index contributed by atoms with van der Waals surface area (Å²) in [6, 6.07) is 7.66. The quantitative estimate of drug-likeness (QED) is 0.615. The maximum Gasteiger partial charge on any atom is 0.158 e. The van der Waals surface area contributed by atoms with Crippen molar-refractivity contribution >= 4 is 28.5 Å². The van der Waals surface area contributed by atoms with Crippen molar-refractivity contribution in [1.29, 1.82) is 0 Å². The lowest BCUT2D eigenvalue weighted by molar-refractivity contribution is -0.0722. The molecule has 3 heterocycles. The Bertz CT molecular complexity index is 977. The second-order valence-corrected chi connectivity index (χ2v) is 7.46. The van der Waals surface area contributed by atoms with Gasteiger partial charge in [0.05, 0.1) is 11.5 Å². The SMILES string of the molecule is COC(O)Cc1cc(Cl)ccc1CC1CCC(n2ccc3c(N)ncnc32)O1. The van der Waals surface area contributed by atoms with Crippen LogP contribution in [0.4, 0.5) is 5.82 Å². The minimum absolute atomic E-state index is 0.0706. The van der Waals surface area contributed by atoms with Crippen molar-refractivity contribution in [1.82, 2.24) is 14.5 Å². The van der Waals surface area contributed by atoms with Gasteiger partial charge in [-0.15, -0.1) is 0 Å². The molecule has 4 rings (SSSR count). The molecule has 148 valence electrons. The minimum atomic E-state index is -0.856. The van der Waals surface area contributed by atoms with E-state index in [0.717, 1.165) is 41.4 Å². The van der Waals surface area contributed by atoms with Gasteiger partial charge >= 0.3 is 0 Å². The van der Waals surface area contributed by atoms with Gasteiger partial charge in [-0.3, -0.25) is 0 Å². The Morgan fingerprint density at radius 2 is 2.18 bits per heavy atom. The highest BCUT2D eigenvalue weighted by atomic mass is 35.5. The summed E-state index contributed by atoms with van der Waals surface area (Å²) < 4.78 is 13.3. The molecule has 1 aliphatic rings. The summed E-state index contributed by atoms with van der Waals surface area (Å²) >= 11 is 6.14. The summed E-state index contributed by atoms with van der Waals surface area (Å²) in [4.78, 5) is 8.39. The normalized spacial score (nSPS) is 20.7. The smallest absolute Gasteiger partial charge is 0.158 e. The van der Waals surface area contributed by atoms with E-state index in [-0.39, 0.29) is 12.3 Å². The third-order valence-corrected chi connectivity index (χ3v) is 5.45. The van der Waals surface area contributed by atoms with Crippen molar-refractivity contribution in [2.75, 3.05) is 12.8 Å². The predicted octanol–water partition coefficient (Wildman–Crippen LogP) is 3.09. The van der Waals surface area contributed by atoms with Crippen molar-refractivity contribution in [2.24, 2.45) is 0 Å². The molecule has 0 aliphatic carbocycles. The van der Waals surface area contributed by atoms with E-state index in [0.29, 0.717) is 17.3 Å². The van der Waals surface area contributed by atoms with Crippen molar-refractivity contribution in [3.8, 4) is 0 Å². The number of nitrogens with zero attached hydrogens (tertiary/aromatic N) is 3. The van der Waals surface area contributed by atoms with Crippen molar-refractivity contribution in [2.45, 2.75) is 44.3 Å². The number of rotatable bonds is 6. The van der Waals surface area contributed by atoms with Crippen LogP contribution in [0.5, 0.6) is 0 Å². The molecule has 1 fully saturated rings. The number of aliphatic hydroxyl groups excluding tert-OH is 1. The number of methoxy groups -OCH3 is 1. The molecule has 2 aromatic heterocycles. The Balaban J connectivity index is 1.50. The van der Waals surface area contributed by atoms with Crippen LogP contribution in [0.25, 0.3) is 11.0 Å². The Kier molecular flexibility index (Phi) is 5.50. The average Bonchev–Trinajstić information content (AvgIpc) is 3.31. The molecule has 3 N–H and O–H groups in total. The Labute approximate surface area is 168 Å². The lowest BCUT2D eigenvalue weighted by Gasteiger charge is -2.18. The van der Waals surface area contributed by atoms with Crippen LogP contribution in [0.2, 0.25) is 5.02 Å². The molecular weight excluding hydrogens is 380 g/mol. The third kappa shape index (κ3) is 3.84. The third-order valence-electron chi connectivity index (χ3n) is 5.22. The molecule has 1 aromatic carbocycles. The average molecular weight is 403 g/mol. The first kappa shape index (κ1) is 19.1. The maximum atomic E-state index is 9.86. The van der Waals surface area contributed by atoms with Gasteiger partial charge in [-0.2, -0.15) is 0 Å². The molecule has 3 unspecified atom stereocenters. The molecular formula is C20H23ClN4O3. The number of hydrogen-bond donors (Lipinski definition) is 2. The van der Waals surface area contributed by atoms with Gasteiger partial charge in [0.1, 0.15) is 24.0 Å². The van der Waals surface area contributed by atoms with E-state index < -0.39 is 6.29 Å². The molecule has 7 nitrogen and oxygen atoms in total. The number of halogens is 1. The molecule has 28 heavy (non-hydrogen) atoms. The van der Waals surface area contributed by atoms with Crippen LogP contribution in [-0.4, -0.2) is 39.1 Å². The molecule has 3 atom stereocenters. The van der Waals surface area contributed by atoms with E-state index in [9.17, 15) is 5.11 Å². The summed E-state index contributed by atoms with van der Waals surface area (Å²) in [5, 5.41) is 11.3. The lowest BCUT2D eigenvalue weighted by atomic mass is 9.98. The highest BCUT2D eigenvalue weighted by molar-refractivity contribution is 6.30. The topological polar surface area (TPSA) is 95.4 Å². The number of nitrogens with two attached hydrogens (primary N) is 1. The van der Waals surface area contributed by atoms with E-state index >= 15 is 0 Å². The van der Waals surface area contributed by atoms with Gasteiger partial charge in [0, 0.05) is 24.8 Å². The Morgan fingerprint density at radius 3 is 3.00 bits per heavy atom. The molecule has 0 amide bonds. The summed E-state index contributed by atoms with van der Waals surface area (Å²) in [6.45, 7) is 0. The van der Waals surface area contributed by atoms with Gasteiger partial charge in [-0.05, 0) is 48.6 Å². The van der Waals surface area contributed by atoms with Gasteiger partial charge in [-0.1, -0.05) is 17.7 Å². The van der Waals surface area contributed by atoms with Crippen molar-refractivity contribution in [3.63, 3.8) is 0 Å². The van der Waals surface area contributed by atoms with Crippen LogP contribution in [0.1, 0.15) is 30.2 Å². The fraction of sp³-hybridized carbons (Fsp3) is 0.400. The molecule has 1 aliphatic heterocycles. The Morgan fingerprint density at radius 1 is 1.32 bits per heavy atom. The van der Waals surface area contributed by atoms with Crippen LogP contribution >= 0.6 is 11.6 Å². The molecule has 0 bridgehead atoms. The summed E-state index contributed by atoms with van der Waals surface area (Å²) in [5.74, 6) is 0.473. The van der Waals surface area contributed by atoms with Gasteiger partial charge in [0.2, 0.25) is 0 Å². The van der Waals surface area contributed by atoms with E-state index in [1.54, 1.807) is 0 Å². The summed E-state index contributed by atoms with van der Waals surface area (Å²) in [5.41, 5.74) is 8.80. The van der Waals surface area contributed by atoms with E-state index in [2.05, 4.69) is 9.97 Å². The Hall–Kier alpha value is -2.19. The number of anilines is 1.